The number of para-hydroxylation sites is 2. The zero-order valence-corrected chi connectivity index (χ0v) is 8.70. The fourth-order valence-corrected chi connectivity index (χ4v) is 1.59. The second-order valence-corrected chi connectivity index (χ2v) is 3.87. The summed E-state index contributed by atoms with van der Waals surface area (Å²) in [6.07, 6.45) is 2.17. The van der Waals surface area contributed by atoms with Crippen molar-refractivity contribution in [3.63, 3.8) is 0 Å². The molecule has 0 unspecified atom stereocenters. The number of hydrogen-bond acceptors (Lipinski definition) is 2. The molecule has 0 radical (unpaired) electrons. The molecule has 1 aromatic heterocycles. The Labute approximate surface area is 88.5 Å². The Hall–Kier alpha value is -1.61. The van der Waals surface area contributed by atoms with Gasteiger partial charge >= 0.3 is 0 Å². The molecule has 0 aliphatic rings. The van der Waals surface area contributed by atoms with Crippen molar-refractivity contribution < 1.29 is 5.11 Å². The molecule has 3 nitrogen and oxygen atoms in total. The monoisotopic (exact) mass is 202 g/mol. The largest absolute Gasteiger partial charge is 0.382 e. The number of nitrogens with one attached hydrogen (secondary N) is 1. The van der Waals surface area contributed by atoms with Crippen LogP contribution in [0.1, 0.15) is 19.2 Å². The van der Waals surface area contributed by atoms with Gasteiger partial charge in [0.15, 0.2) is 0 Å². The lowest BCUT2D eigenvalue weighted by Gasteiger charge is -2.17. The van der Waals surface area contributed by atoms with E-state index in [1.165, 1.54) is 0 Å². The highest BCUT2D eigenvalue weighted by molar-refractivity contribution is 5.74. The van der Waals surface area contributed by atoms with Gasteiger partial charge in [-0.25, -0.2) is 4.98 Å². The molecule has 3 heteroatoms. The molecule has 1 heterocycles. The van der Waals surface area contributed by atoms with E-state index in [-0.39, 0.29) is 0 Å². The standard InChI is InChI=1S/C12H14N2O/c1-3-8-12(2,15)11-13-9-6-4-5-7-10(9)14-11/h3-7,15H,1,8H2,2H3,(H,13,14)/t12-/m1/s1. The number of rotatable bonds is 3. The fourth-order valence-electron chi connectivity index (χ4n) is 1.59. The number of imidazole rings is 1. The lowest BCUT2D eigenvalue weighted by atomic mass is 10.0. The van der Waals surface area contributed by atoms with Gasteiger partial charge in [-0.1, -0.05) is 18.2 Å². The predicted molar refractivity (Wildman–Crippen MR) is 60.5 cm³/mol. The minimum Gasteiger partial charge on any atom is -0.382 e. The third-order valence-corrected chi connectivity index (χ3v) is 2.44. The first kappa shape index (κ1) is 9.93. The van der Waals surface area contributed by atoms with E-state index >= 15 is 0 Å². The summed E-state index contributed by atoms with van der Waals surface area (Å²) in [6.45, 7) is 5.35. The number of benzene rings is 1. The normalized spacial score (nSPS) is 15.1. The molecule has 2 N–H and O–H groups in total. The van der Waals surface area contributed by atoms with Crippen LogP contribution in [0, 0.1) is 0 Å². The number of aromatic amines is 1. The summed E-state index contributed by atoms with van der Waals surface area (Å²) in [4.78, 5) is 7.46. The Morgan fingerprint density at radius 2 is 2.27 bits per heavy atom. The van der Waals surface area contributed by atoms with Crippen molar-refractivity contribution in [1.29, 1.82) is 0 Å². The Morgan fingerprint density at radius 1 is 1.53 bits per heavy atom. The highest BCUT2D eigenvalue weighted by Gasteiger charge is 2.24. The Bertz CT molecular complexity index is 452. The summed E-state index contributed by atoms with van der Waals surface area (Å²) in [5.41, 5.74) is 0.842. The maximum Gasteiger partial charge on any atom is 0.139 e. The van der Waals surface area contributed by atoms with Crippen LogP contribution in [-0.2, 0) is 5.60 Å². The molecule has 1 atom stereocenters. The zero-order valence-electron chi connectivity index (χ0n) is 8.70. The van der Waals surface area contributed by atoms with Crippen molar-refractivity contribution in [2.75, 3.05) is 0 Å². The number of nitrogens with zero attached hydrogens (tertiary/aromatic N) is 1. The molecule has 0 saturated heterocycles. The van der Waals surface area contributed by atoms with Crippen LogP contribution in [-0.4, -0.2) is 15.1 Å². The summed E-state index contributed by atoms with van der Waals surface area (Å²) in [7, 11) is 0. The zero-order chi connectivity index (χ0) is 10.9. The van der Waals surface area contributed by atoms with Gasteiger partial charge in [-0.3, -0.25) is 0 Å². The van der Waals surface area contributed by atoms with Crippen LogP contribution in [0.5, 0.6) is 0 Å². The van der Waals surface area contributed by atoms with Gasteiger partial charge in [-0.2, -0.15) is 0 Å². The topological polar surface area (TPSA) is 48.9 Å². The van der Waals surface area contributed by atoms with Gasteiger partial charge < -0.3 is 10.1 Å². The number of H-pyrrole nitrogens is 1. The van der Waals surface area contributed by atoms with Crippen LogP contribution in [0.4, 0.5) is 0 Å². The van der Waals surface area contributed by atoms with Gasteiger partial charge in [0.2, 0.25) is 0 Å². The van der Waals surface area contributed by atoms with E-state index in [0.29, 0.717) is 12.2 Å². The van der Waals surface area contributed by atoms with Gasteiger partial charge in [0.1, 0.15) is 11.4 Å². The molecular weight excluding hydrogens is 188 g/mol. The van der Waals surface area contributed by atoms with Gasteiger partial charge in [0, 0.05) is 6.42 Å². The van der Waals surface area contributed by atoms with Crippen molar-refractivity contribution >= 4 is 11.0 Å². The van der Waals surface area contributed by atoms with E-state index in [1.807, 2.05) is 24.3 Å². The predicted octanol–water partition coefficient (Wildman–Crippen LogP) is 2.35. The van der Waals surface area contributed by atoms with Crippen molar-refractivity contribution in [2.24, 2.45) is 0 Å². The second kappa shape index (κ2) is 3.51. The Morgan fingerprint density at radius 3 is 2.93 bits per heavy atom. The third-order valence-electron chi connectivity index (χ3n) is 2.44. The van der Waals surface area contributed by atoms with Crippen LogP contribution in [0.15, 0.2) is 36.9 Å². The highest BCUT2D eigenvalue weighted by atomic mass is 16.3. The minimum atomic E-state index is -0.971. The molecule has 0 bridgehead atoms. The molecule has 0 amide bonds. The summed E-state index contributed by atoms with van der Waals surface area (Å²) < 4.78 is 0. The lowest BCUT2D eigenvalue weighted by Crippen LogP contribution is -2.21. The first-order chi connectivity index (χ1) is 7.13. The maximum absolute atomic E-state index is 10.1. The second-order valence-electron chi connectivity index (χ2n) is 3.87. The summed E-state index contributed by atoms with van der Waals surface area (Å²) in [5.74, 6) is 0.587. The quantitative estimate of drug-likeness (QED) is 0.750. The molecule has 1 aromatic carbocycles. The Kier molecular flexibility index (Phi) is 2.32. The van der Waals surface area contributed by atoms with Crippen LogP contribution < -0.4 is 0 Å². The average molecular weight is 202 g/mol. The minimum absolute atomic E-state index is 0.479. The Balaban J connectivity index is 2.48. The van der Waals surface area contributed by atoms with Crippen LogP contribution in [0.2, 0.25) is 0 Å². The van der Waals surface area contributed by atoms with Crippen LogP contribution in [0.3, 0.4) is 0 Å². The van der Waals surface area contributed by atoms with Gasteiger partial charge in [-0.15, -0.1) is 6.58 Å². The highest BCUT2D eigenvalue weighted by Crippen LogP contribution is 2.24. The molecule has 2 rings (SSSR count). The van der Waals surface area contributed by atoms with Gasteiger partial charge in [0.25, 0.3) is 0 Å². The first-order valence-electron chi connectivity index (χ1n) is 4.92. The van der Waals surface area contributed by atoms with Crippen molar-refractivity contribution in [2.45, 2.75) is 18.9 Å². The molecule has 2 aromatic rings. The molecule has 0 aliphatic carbocycles. The van der Waals surface area contributed by atoms with E-state index in [2.05, 4.69) is 16.5 Å². The molecule has 78 valence electrons. The number of hydrogen-bond donors (Lipinski definition) is 2. The van der Waals surface area contributed by atoms with Crippen molar-refractivity contribution in [3.05, 3.63) is 42.7 Å². The van der Waals surface area contributed by atoms with E-state index in [4.69, 9.17) is 0 Å². The smallest absolute Gasteiger partial charge is 0.139 e. The first-order valence-corrected chi connectivity index (χ1v) is 4.92. The maximum atomic E-state index is 10.1. The third kappa shape index (κ3) is 1.78. The van der Waals surface area contributed by atoms with E-state index < -0.39 is 5.60 Å². The van der Waals surface area contributed by atoms with E-state index in [1.54, 1.807) is 13.0 Å². The average Bonchev–Trinajstić information content (AvgIpc) is 2.61. The van der Waals surface area contributed by atoms with Crippen LogP contribution in [0.25, 0.3) is 11.0 Å². The molecule has 0 spiro atoms. The number of aromatic nitrogens is 2. The SMILES string of the molecule is C=CC[C@@](C)(O)c1nc2ccccc2[nH]1. The lowest BCUT2D eigenvalue weighted by molar-refractivity contribution is 0.0523. The van der Waals surface area contributed by atoms with Crippen LogP contribution >= 0.6 is 0 Å². The molecule has 0 saturated carbocycles. The van der Waals surface area contributed by atoms with Crippen molar-refractivity contribution in [1.82, 2.24) is 9.97 Å². The summed E-state index contributed by atoms with van der Waals surface area (Å²) >= 11 is 0. The number of fused-ring (bicyclic) bond motifs is 1. The van der Waals surface area contributed by atoms with E-state index in [9.17, 15) is 5.11 Å². The molecule has 0 aliphatic heterocycles. The fraction of sp³-hybridized carbons (Fsp3) is 0.250. The summed E-state index contributed by atoms with van der Waals surface area (Å²) in [5, 5.41) is 10.1. The molecule has 15 heavy (non-hydrogen) atoms. The molecular formula is C12H14N2O. The number of aliphatic hydroxyl groups is 1. The van der Waals surface area contributed by atoms with Gasteiger partial charge in [-0.05, 0) is 19.1 Å². The van der Waals surface area contributed by atoms with E-state index in [0.717, 1.165) is 11.0 Å². The summed E-state index contributed by atoms with van der Waals surface area (Å²) in [6, 6.07) is 7.72. The molecule has 0 fully saturated rings. The van der Waals surface area contributed by atoms with Gasteiger partial charge in [0.05, 0.1) is 11.0 Å². The van der Waals surface area contributed by atoms with Crippen molar-refractivity contribution in [3.8, 4) is 0 Å².